The van der Waals surface area contributed by atoms with Crippen molar-refractivity contribution in [1.29, 1.82) is 0 Å². The highest BCUT2D eigenvalue weighted by atomic mass is 19.1. The number of carbonyl (C=O) groups excluding carboxylic acids is 1. The Labute approximate surface area is 124 Å². The van der Waals surface area contributed by atoms with Gasteiger partial charge in [0.1, 0.15) is 11.6 Å². The first-order valence-corrected chi connectivity index (χ1v) is 7.40. The van der Waals surface area contributed by atoms with Crippen LogP contribution in [0.4, 0.5) is 8.78 Å². The fraction of sp³-hybridized carbons (Fsp3) is 0.562. The molecule has 1 aromatic rings. The fourth-order valence-corrected chi connectivity index (χ4v) is 2.45. The van der Waals surface area contributed by atoms with Gasteiger partial charge in [0.15, 0.2) is 0 Å². The van der Waals surface area contributed by atoms with E-state index in [1.165, 1.54) is 12.1 Å². The maximum atomic E-state index is 13.9. The molecular weight excluding hydrogens is 274 g/mol. The van der Waals surface area contributed by atoms with Crippen LogP contribution in [0.2, 0.25) is 0 Å². The molecule has 0 radical (unpaired) electrons. The Morgan fingerprint density at radius 3 is 2.33 bits per heavy atom. The summed E-state index contributed by atoms with van der Waals surface area (Å²) >= 11 is 0. The summed E-state index contributed by atoms with van der Waals surface area (Å²) in [5.41, 5.74) is 5.41. The Balaban J connectivity index is 2.99. The zero-order valence-corrected chi connectivity index (χ0v) is 12.9. The van der Waals surface area contributed by atoms with Crippen molar-refractivity contribution < 1.29 is 13.6 Å². The fourth-order valence-electron chi connectivity index (χ4n) is 2.45. The largest absolute Gasteiger partial charge is 0.349 e. The van der Waals surface area contributed by atoms with Gasteiger partial charge in [0.05, 0.1) is 11.5 Å². The van der Waals surface area contributed by atoms with Crippen molar-refractivity contribution >= 4 is 5.91 Å². The van der Waals surface area contributed by atoms with Crippen molar-refractivity contribution in [2.75, 3.05) is 6.54 Å². The van der Waals surface area contributed by atoms with Crippen LogP contribution >= 0.6 is 0 Å². The average Bonchev–Trinajstić information content (AvgIpc) is 2.48. The van der Waals surface area contributed by atoms with Gasteiger partial charge in [-0.05, 0) is 25.3 Å². The lowest BCUT2D eigenvalue weighted by Gasteiger charge is -2.31. The highest BCUT2D eigenvalue weighted by molar-refractivity contribution is 5.83. The van der Waals surface area contributed by atoms with Gasteiger partial charge in [0, 0.05) is 18.2 Å². The molecular formula is C16H24F2N2O. The maximum Gasteiger partial charge on any atom is 0.227 e. The Hall–Kier alpha value is -1.49. The van der Waals surface area contributed by atoms with Crippen molar-refractivity contribution in [1.82, 2.24) is 5.32 Å². The van der Waals surface area contributed by atoms with Gasteiger partial charge < -0.3 is 11.1 Å². The highest BCUT2D eigenvalue weighted by Crippen LogP contribution is 2.28. The number of nitrogens with one attached hydrogen (secondary N) is 1. The van der Waals surface area contributed by atoms with Crippen molar-refractivity contribution in [2.45, 2.75) is 46.1 Å². The first-order valence-electron chi connectivity index (χ1n) is 7.40. The normalized spacial score (nSPS) is 13.0. The molecule has 0 aliphatic heterocycles. The summed E-state index contributed by atoms with van der Waals surface area (Å²) in [5.74, 6) is -1.45. The molecule has 0 bridgehead atoms. The smallest absolute Gasteiger partial charge is 0.227 e. The third-order valence-corrected chi connectivity index (χ3v) is 4.28. The quantitative estimate of drug-likeness (QED) is 0.811. The van der Waals surface area contributed by atoms with Gasteiger partial charge in [-0.25, -0.2) is 8.78 Å². The minimum absolute atomic E-state index is 0.175. The molecule has 0 spiro atoms. The zero-order valence-electron chi connectivity index (χ0n) is 12.9. The molecule has 3 nitrogen and oxygen atoms in total. The topological polar surface area (TPSA) is 55.1 Å². The van der Waals surface area contributed by atoms with E-state index in [9.17, 15) is 13.6 Å². The lowest BCUT2D eigenvalue weighted by Crippen LogP contribution is -2.46. The summed E-state index contributed by atoms with van der Waals surface area (Å²) in [5, 5.41) is 2.86. The van der Waals surface area contributed by atoms with E-state index in [0.29, 0.717) is 24.8 Å². The average molecular weight is 298 g/mol. The molecule has 0 aliphatic carbocycles. The number of halogens is 2. The number of amides is 1. The van der Waals surface area contributed by atoms with Crippen LogP contribution in [0.1, 0.15) is 51.6 Å². The van der Waals surface area contributed by atoms with Crippen molar-refractivity contribution in [3.8, 4) is 0 Å². The van der Waals surface area contributed by atoms with Gasteiger partial charge in [-0.1, -0.05) is 26.8 Å². The van der Waals surface area contributed by atoms with Crippen LogP contribution in [0.5, 0.6) is 0 Å². The summed E-state index contributed by atoms with van der Waals surface area (Å²) < 4.78 is 26.9. The first kappa shape index (κ1) is 17.6. The van der Waals surface area contributed by atoms with Crippen LogP contribution < -0.4 is 11.1 Å². The summed E-state index contributed by atoms with van der Waals surface area (Å²) in [6.45, 7) is 5.91. The minimum Gasteiger partial charge on any atom is -0.349 e. The number of hydrogen-bond acceptors (Lipinski definition) is 2. The monoisotopic (exact) mass is 298 g/mol. The van der Waals surface area contributed by atoms with Crippen molar-refractivity contribution in [2.24, 2.45) is 11.1 Å². The summed E-state index contributed by atoms with van der Waals surface area (Å²) in [6, 6.07) is 2.92. The van der Waals surface area contributed by atoms with Gasteiger partial charge in [0.2, 0.25) is 5.91 Å². The van der Waals surface area contributed by atoms with Crippen LogP contribution in [0.3, 0.4) is 0 Å². The second kappa shape index (κ2) is 7.50. The standard InChI is InChI=1S/C16H24F2N2O/c1-4-14(12-8-7-11(17)9-13(12)18)20-15(21)16(5-2,6-3)10-19/h7-9,14H,4-6,10,19H2,1-3H3,(H,20,21). The van der Waals surface area contributed by atoms with Gasteiger partial charge in [-0.2, -0.15) is 0 Å². The summed E-state index contributed by atoms with van der Waals surface area (Å²) in [4.78, 5) is 12.5. The molecule has 0 aromatic heterocycles. The lowest BCUT2D eigenvalue weighted by molar-refractivity contribution is -0.131. The van der Waals surface area contributed by atoms with E-state index in [1.54, 1.807) is 0 Å². The van der Waals surface area contributed by atoms with E-state index in [4.69, 9.17) is 5.73 Å². The van der Waals surface area contributed by atoms with Crippen LogP contribution in [0.15, 0.2) is 18.2 Å². The molecule has 1 atom stereocenters. The molecule has 118 valence electrons. The molecule has 0 saturated heterocycles. The molecule has 1 unspecified atom stereocenters. The van der Waals surface area contributed by atoms with Gasteiger partial charge in [-0.3, -0.25) is 4.79 Å². The second-order valence-corrected chi connectivity index (χ2v) is 5.29. The number of rotatable bonds is 7. The number of benzene rings is 1. The van der Waals surface area contributed by atoms with Crippen molar-refractivity contribution in [3.63, 3.8) is 0 Å². The molecule has 1 amide bonds. The van der Waals surface area contributed by atoms with E-state index in [0.717, 1.165) is 6.07 Å². The molecule has 0 fully saturated rings. The Morgan fingerprint density at radius 1 is 1.29 bits per heavy atom. The van der Waals surface area contributed by atoms with Crippen LogP contribution in [-0.2, 0) is 4.79 Å². The maximum absolute atomic E-state index is 13.9. The first-order chi connectivity index (χ1) is 9.93. The Morgan fingerprint density at radius 2 is 1.90 bits per heavy atom. The van der Waals surface area contributed by atoms with Crippen LogP contribution in [0, 0.1) is 17.0 Å². The predicted molar refractivity (Wildman–Crippen MR) is 79.6 cm³/mol. The molecule has 0 saturated carbocycles. The van der Waals surface area contributed by atoms with Crippen LogP contribution in [-0.4, -0.2) is 12.5 Å². The molecule has 0 aliphatic rings. The SMILES string of the molecule is CCC(NC(=O)C(CC)(CC)CN)c1ccc(F)cc1F. The summed E-state index contributed by atoms with van der Waals surface area (Å²) in [7, 11) is 0. The highest BCUT2D eigenvalue weighted by Gasteiger charge is 2.34. The molecule has 3 N–H and O–H groups in total. The molecule has 0 heterocycles. The third kappa shape index (κ3) is 3.79. The van der Waals surface area contributed by atoms with E-state index in [-0.39, 0.29) is 12.5 Å². The Bertz CT molecular complexity index is 479. The van der Waals surface area contributed by atoms with Crippen molar-refractivity contribution in [3.05, 3.63) is 35.4 Å². The van der Waals surface area contributed by atoms with Crippen LogP contribution in [0.25, 0.3) is 0 Å². The van der Waals surface area contributed by atoms with E-state index in [2.05, 4.69) is 5.32 Å². The third-order valence-electron chi connectivity index (χ3n) is 4.28. The second-order valence-electron chi connectivity index (χ2n) is 5.29. The molecule has 21 heavy (non-hydrogen) atoms. The van der Waals surface area contributed by atoms with E-state index in [1.807, 2.05) is 20.8 Å². The number of hydrogen-bond donors (Lipinski definition) is 2. The minimum atomic E-state index is -0.645. The lowest BCUT2D eigenvalue weighted by atomic mass is 9.81. The van der Waals surface area contributed by atoms with E-state index >= 15 is 0 Å². The molecule has 5 heteroatoms. The Kier molecular flexibility index (Phi) is 6.27. The van der Waals surface area contributed by atoms with Gasteiger partial charge in [0.25, 0.3) is 0 Å². The van der Waals surface area contributed by atoms with Gasteiger partial charge in [-0.15, -0.1) is 0 Å². The summed E-state index contributed by atoms with van der Waals surface area (Å²) in [6.07, 6.45) is 1.75. The number of carbonyl (C=O) groups is 1. The predicted octanol–water partition coefficient (Wildman–Crippen LogP) is 3.30. The molecule has 1 rings (SSSR count). The molecule has 1 aromatic carbocycles. The zero-order chi connectivity index (χ0) is 16.0. The van der Waals surface area contributed by atoms with Gasteiger partial charge >= 0.3 is 0 Å². The van der Waals surface area contributed by atoms with E-state index < -0.39 is 23.1 Å². The number of nitrogens with two attached hydrogens (primary N) is 1.